The number of ether oxygens (including phenoxy) is 1. The van der Waals surface area contributed by atoms with Crippen LogP contribution in [0.2, 0.25) is 0 Å². The summed E-state index contributed by atoms with van der Waals surface area (Å²) in [5.41, 5.74) is 0.475. The molecule has 1 aliphatic rings. The summed E-state index contributed by atoms with van der Waals surface area (Å²) in [6.45, 7) is 13.1. The standard InChI is InChI=1S/C21H37N5O3.HI/c1-7-22-19(23-13-17-12-18(14(2)3)26-29-17)24-15-8-10-16(11-9-15)25-20(27)28-21(4,5)6;/h12,14-16H,7-11,13H2,1-6H3,(H,25,27)(H2,22,23,24);1H. The molecule has 1 fully saturated rings. The summed E-state index contributed by atoms with van der Waals surface area (Å²) < 4.78 is 10.7. The monoisotopic (exact) mass is 535 g/mol. The van der Waals surface area contributed by atoms with E-state index in [2.05, 4.69) is 39.9 Å². The molecule has 0 aromatic carbocycles. The van der Waals surface area contributed by atoms with Gasteiger partial charge < -0.3 is 25.2 Å². The number of alkyl carbamates (subject to hydrolysis) is 1. The second-order valence-electron chi connectivity index (χ2n) is 8.91. The van der Waals surface area contributed by atoms with Crippen LogP contribution in [0.1, 0.15) is 84.6 Å². The molecular weight excluding hydrogens is 497 g/mol. The quantitative estimate of drug-likeness (QED) is 0.285. The fourth-order valence-corrected chi connectivity index (χ4v) is 3.20. The van der Waals surface area contributed by atoms with Gasteiger partial charge >= 0.3 is 6.09 Å². The molecule has 1 aromatic rings. The molecule has 0 unspecified atom stereocenters. The third-order valence-electron chi connectivity index (χ3n) is 4.69. The normalized spacial score (nSPS) is 19.8. The van der Waals surface area contributed by atoms with Gasteiger partial charge in [-0.25, -0.2) is 9.79 Å². The molecule has 0 saturated heterocycles. The molecule has 0 radical (unpaired) electrons. The Hall–Kier alpha value is -1.52. The number of carbonyl (C=O) groups excluding carboxylic acids is 1. The molecule has 1 saturated carbocycles. The van der Waals surface area contributed by atoms with E-state index in [-0.39, 0.29) is 36.1 Å². The van der Waals surface area contributed by atoms with E-state index in [1.165, 1.54) is 0 Å². The van der Waals surface area contributed by atoms with Crippen molar-refractivity contribution in [2.75, 3.05) is 6.54 Å². The number of rotatable bonds is 6. The van der Waals surface area contributed by atoms with E-state index in [1.54, 1.807) is 0 Å². The van der Waals surface area contributed by atoms with Gasteiger partial charge in [0.05, 0.1) is 5.69 Å². The Morgan fingerprint density at radius 1 is 1.23 bits per heavy atom. The Morgan fingerprint density at radius 3 is 2.33 bits per heavy atom. The number of nitrogens with zero attached hydrogens (tertiary/aromatic N) is 2. The molecule has 1 amide bonds. The van der Waals surface area contributed by atoms with Gasteiger partial charge in [0.25, 0.3) is 0 Å². The molecule has 0 aliphatic heterocycles. The van der Waals surface area contributed by atoms with E-state index in [0.717, 1.165) is 49.6 Å². The summed E-state index contributed by atoms with van der Waals surface area (Å²) in [4.78, 5) is 16.6. The summed E-state index contributed by atoms with van der Waals surface area (Å²) in [5.74, 6) is 1.88. The average Bonchev–Trinajstić information content (AvgIpc) is 3.09. The van der Waals surface area contributed by atoms with Crippen LogP contribution in [-0.4, -0.2) is 41.4 Å². The first-order valence-corrected chi connectivity index (χ1v) is 10.7. The summed E-state index contributed by atoms with van der Waals surface area (Å²) in [6, 6.07) is 2.45. The largest absolute Gasteiger partial charge is 0.444 e. The Labute approximate surface area is 197 Å². The fourth-order valence-electron chi connectivity index (χ4n) is 3.20. The zero-order valence-electron chi connectivity index (χ0n) is 19.1. The van der Waals surface area contributed by atoms with Crippen LogP contribution in [0, 0.1) is 0 Å². The van der Waals surface area contributed by atoms with Crippen LogP contribution in [0.15, 0.2) is 15.6 Å². The van der Waals surface area contributed by atoms with Gasteiger partial charge in [-0.2, -0.15) is 0 Å². The van der Waals surface area contributed by atoms with E-state index < -0.39 is 5.60 Å². The maximum Gasteiger partial charge on any atom is 0.407 e. The summed E-state index contributed by atoms with van der Waals surface area (Å²) in [6.07, 6.45) is 3.42. The van der Waals surface area contributed by atoms with E-state index in [1.807, 2.05) is 33.8 Å². The van der Waals surface area contributed by atoms with Crippen LogP contribution < -0.4 is 16.0 Å². The van der Waals surface area contributed by atoms with E-state index in [9.17, 15) is 4.79 Å². The number of nitrogens with one attached hydrogen (secondary N) is 3. The number of aromatic nitrogens is 1. The average molecular weight is 535 g/mol. The molecule has 1 aromatic heterocycles. The van der Waals surface area contributed by atoms with Crippen molar-refractivity contribution in [1.29, 1.82) is 0 Å². The first-order chi connectivity index (χ1) is 13.7. The molecule has 0 atom stereocenters. The fraction of sp³-hybridized carbons (Fsp3) is 0.762. The van der Waals surface area contributed by atoms with Crippen molar-refractivity contribution in [3.8, 4) is 0 Å². The zero-order valence-corrected chi connectivity index (χ0v) is 21.4. The van der Waals surface area contributed by atoms with Gasteiger partial charge in [0.1, 0.15) is 12.1 Å². The number of hydrogen-bond acceptors (Lipinski definition) is 5. The number of aliphatic imine (C=N–C) groups is 1. The molecule has 0 bridgehead atoms. The molecule has 2 rings (SSSR count). The minimum absolute atomic E-state index is 0. The number of halogens is 1. The van der Waals surface area contributed by atoms with Crippen molar-refractivity contribution in [3.05, 3.63) is 17.5 Å². The summed E-state index contributed by atoms with van der Waals surface area (Å²) in [5, 5.41) is 13.8. The molecule has 0 spiro atoms. The lowest BCUT2D eigenvalue weighted by Gasteiger charge is -2.31. The number of carbonyl (C=O) groups is 1. The maximum absolute atomic E-state index is 11.9. The second-order valence-corrected chi connectivity index (χ2v) is 8.91. The smallest absolute Gasteiger partial charge is 0.407 e. The number of amides is 1. The minimum Gasteiger partial charge on any atom is -0.444 e. The predicted molar refractivity (Wildman–Crippen MR) is 129 cm³/mol. The van der Waals surface area contributed by atoms with Gasteiger partial charge in [-0.1, -0.05) is 19.0 Å². The van der Waals surface area contributed by atoms with Crippen LogP contribution in [0.3, 0.4) is 0 Å². The molecule has 3 N–H and O–H groups in total. The van der Waals surface area contributed by atoms with Crippen molar-refractivity contribution in [2.45, 2.75) is 97.4 Å². The van der Waals surface area contributed by atoms with Gasteiger partial charge in [-0.3, -0.25) is 0 Å². The van der Waals surface area contributed by atoms with Crippen LogP contribution in [-0.2, 0) is 11.3 Å². The first kappa shape index (κ1) is 26.5. The zero-order chi connectivity index (χ0) is 21.4. The van der Waals surface area contributed by atoms with Crippen molar-refractivity contribution in [1.82, 2.24) is 21.1 Å². The predicted octanol–water partition coefficient (Wildman–Crippen LogP) is 4.31. The van der Waals surface area contributed by atoms with Crippen LogP contribution >= 0.6 is 24.0 Å². The number of guanidine groups is 1. The van der Waals surface area contributed by atoms with Crippen molar-refractivity contribution in [2.24, 2.45) is 4.99 Å². The van der Waals surface area contributed by atoms with E-state index in [0.29, 0.717) is 18.5 Å². The van der Waals surface area contributed by atoms with E-state index in [4.69, 9.17) is 9.26 Å². The molecule has 1 heterocycles. The van der Waals surface area contributed by atoms with Crippen LogP contribution in [0.25, 0.3) is 0 Å². The molecule has 8 nitrogen and oxygen atoms in total. The second kappa shape index (κ2) is 12.4. The molecule has 172 valence electrons. The highest BCUT2D eigenvalue weighted by molar-refractivity contribution is 14.0. The van der Waals surface area contributed by atoms with Crippen LogP contribution in [0.5, 0.6) is 0 Å². The highest BCUT2D eigenvalue weighted by Crippen LogP contribution is 2.19. The van der Waals surface area contributed by atoms with Crippen molar-refractivity contribution < 1.29 is 14.1 Å². The number of hydrogen-bond donors (Lipinski definition) is 3. The Morgan fingerprint density at radius 2 is 1.83 bits per heavy atom. The Kier molecular flexibility index (Phi) is 10.9. The SMILES string of the molecule is CCNC(=NCc1cc(C(C)C)no1)NC1CCC(NC(=O)OC(C)(C)C)CC1.I. The lowest BCUT2D eigenvalue weighted by molar-refractivity contribution is 0.0490. The third-order valence-corrected chi connectivity index (χ3v) is 4.69. The van der Waals surface area contributed by atoms with Crippen LogP contribution in [0.4, 0.5) is 4.79 Å². The van der Waals surface area contributed by atoms with Gasteiger partial charge in [0.15, 0.2) is 11.7 Å². The Bertz CT molecular complexity index is 676. The highest BCUT2D eigenvalue weighted by Gasteiger charge is 2.25. The van der Waals surface area contributed by atoms with E-state index >= 15 is 0 Å². The van der Waals surface area contributed by atoms with Gasteiger partial charge in [-0.15, -0.1) is 24.0 Å². The van der Waals surface area contributed by atoms with Gasteiger partial charge in [0, 0.05) is 24.7 Å². The topological polar surface area (TPSA) is 101 Å². The first-order valence-electron chi connectivity index (χ1n) is 10.7. The molecule has 30 heavy (non-hydrogen) atoms. The highest BCUT2D eigenvalue weighted by atomic mass is 127. The molecule has 1 aliphatic carbocycles. The summed E-state index contributed by atoms with van der Waals surface area (Å²) in [7, 11) is 0. The Balaban J connectivity index is 0.00000450. The van der Waals surface area contributed by atoms with Gasteiger partial charge in [-0.05, 0) is 59.3 Å². The summed E-state index contributed by atoms with van der Waals surface area (Å²) >= 11 is 0. The van der Waals surface area contributed by atoms with Crippen molar-refractivity contribution in [3.63, 3.8) is 0 Å². The van der Waals surface area contributed by atoms with Gasteiger partial charge in [0.2, 0.25) is 0 Å². The third kappa shape index (κ3) is 9.53. The molecule has 9 heteroatoms. The lowest BCUT2D eigenvalue weighted by Crippen LogP contribution is -2.48. The van der Waals surface area contributed by atoms with Crippen molar-refractivity contribution >= 4 is 36.0 Å². The maximum atomic E-state index is 11.9. The minimum atomic E-state index is -0.473. The molecular formula is C21H38IN5O3. The lowest BCUT2D eigenvalue weighted by atomic mass is 9.91.